The molecule has 0 aromatic heterocycles. The van der Waals surface area contributed by atoms with Crippen molar-refractivity contribution in [3.8, 4) is 0 Å². The summed E-state index contributed by atoms with van der Waals surface area (Å²) in [4.78, 5) is 13.5. The number of nitrogens with one attached hydrogen (secondary N) is 3. The van der Waals surface area contributed by atoms with E-state index in [-0.39, 0.29) is 12.1 Å². The Kier molecular flexibility index (Phi) is 5.27. The third-order valence-electron chi connectivity index (χ3n) is 5.94. The quantitative estimate of drug-likeness (QED) is 0.350. The minimum absolute atomic E-state index is 0.140. The van der Waals surface area contributed by atoms with Crippen LogP contribution in [-0.4, -0.2) is 15.1 Å². The van der Waals surface area contributed by atoms with Crippen LogP contribution in [0.2, 0.25) is 0 Å². The van der Waals surface area contributed by atoms with E-state index < -0.39 is 10.6 Å². The van der Waals surface area contributed by atoms with Gasteiger partial charge in [0, 0.05) is 24.3 Å². The second kappa shape index (κ2) is 8.11. The fourth-order valence-electron chi connectivity index (χ4n) is 4.22. The smallest absolute Gasteiger partial charge is 0.319 e. The Morgan fingerprint density at radius 3 is 2.59 bits per heavy atom. The fourth-order valence-corrected chi connectivity index (χ4v) is 5.91. The van der Waals surface area contributed by atoms with Crippen molar-refractivity contribution in [1.82, 2.24) is 10.6 Å². The molecule has 2 aliphatic heterocycles. The molecule has 0 saturated carbocycles. The average Bonchev–Trinajstić information content (AvgIpc) is 3.35. The molecule has 2 aliphatic rings. The van der Waals surface area contributed by atoms with Gasteiger partial charge >= 0.3 is 6.03 Å². The topological polar surface area (TPSA) is 93.6 Å². The third-order valence-corrected chi connectivity index (χ3v) is 7.89. The Bertz CT molecular complexity index is 1220. The summed E-state index contributed by atoms with van der Waals surface area (Å²) >= 11 is 0. The number of hydrogen-bond acceptors (Lipinski definition) is 4. The van der Waals surface area contributed by atoms with Gasteiger partial charge in [0.2, 0.25) is 0 Å². The average molecular weight is 448 g/mol. The highest BCUT2D eigenvalue weighted by molar-refractivity contribution is 8.32. The van der Waals surface area contributed by atoms with Gasteiger partial charge in [0.25, 0.3) is 0 Å². The summed E-state index contributed by atoms with van der Waals surface area (Å²) in [6, 6.07) is 20.4. The van der Waals surface area contributed by atoms with Gasteiger partial charge in [-0.25, -0.2) is 4.79 Å². The Balaban J connectivity index is 1.36. The molecule has 5 N–H and O–H groups in total. The number of benzene rings is 3. The number of anilines is 1. The van der Waals surface area contributed by atoms with Crippen LogP contribution in [0.15, 0.2) is 71.6 Å². The SMILES string of the molecule is C[C@H](NC(=O)Nc1ccc2c(c1)C=C(c1ccc3c(c1)CNC3)S2(O)O)c1ccccc1. The summed E-state index contributed by atoms with van der Waals surface area (Å²) < 4.78 is 22.0. The molecule has 0 unspecified atom stereocenters. The van der Waals surface area contributed by atoms with Crippen molar-refractivity contribution >= 4 is 33.3 Å². The van der Waals surface area contributed by atoms with Crippen molar-refractivity contribution in [2.75, 3.05) is 5.32 Å². The number of urea groups is 1. The number of rotatable bonds is 4. The van der Waals surface area contributed by atoms with E-state index in [2.05, 4.69) is 16.0 Å². The van der Waals surface area contributed by atoms with Crippen LogP contribution >= 0.6 is 10.6 Å². The van der Waals surface area contributed by atoms with Crippen LogP contribution in [0.1, 0.15) is 40.8 Å². The van der Waals surface area contributed by atoms with Crippen LogP contribution in [0, 0.1) is 0 Å². The first kappa shape index (κ1) is 20.8. The minimum atomic E-state index is -3.10. The summed E-state index contributed by atoms with van der Waals surface area (Å²) in [6.45, 7) is 3.55. The summed E-state index contributed by atoms with van der Waals surface area (Å²) in [5, 5.41) is 9.08. The van der Waals surface area contributed by atoms with Gasteiger partial charge in [0.15, 0.2) is 0 Å². The summed E-state index contributed by atoms with van der Waals surface area (Å²) in [5.41, 5.74) is 5.54. The summed E-state index contributed by atoms with van der Waals surface area (Å²) in [5.74, 6) is 0. The number of hydrogen-bond donors (Lipinski definition) is 5. The molecule has 0 bridgehead atoms. The van der Waals surface area contributed by atoms with E-state index in [9.17, 15) is 13.9 Å². The molecule has 2 heterocycles. The van der Waals surface area contributed by atoms with E-state index in [0.29, 0.717) is 21.1 Å². The first-order valence-electron chi connectivity index (χ1n) is 10.5. The lowest BCUT2D eigenvalue weighted by Gasteiger charge is -2.31. The van der Waals surface area contributed by atoms with Gasteiger partial charge in [-0.3, -0.25) is 9.11 Å². The van der Waals surface area contributed by atoms with Crippen LogP contribution in [-0.2, 0) is 13.1 Å². The molecule has 1 atom stereocenters. The molecule has 32 heavy (non-hydrogen) atoms. The van der Waals surface area contributed by atoms with E-state index in [1.54, 1.807) is 18.2 Å². The van der Waals surface area contributed by atoms with E-state index in [0.717, 1.165) is 24.2 Å². The van der Waals surface area contributed by atoms with Gasteiger partial charge in [0.05, 0.1) is 15.8 Å². The molecule has 0 saturated heterocycles. The van der Waals surface area contributed by atoms with Crippen molar-refractivity contribution in [2.24, 2.45) is 0 Å². The number of carbonyl (C=O) groups excluding carboxylic acids is 1. The largest absolute Gasteiger partial charge is 0.331 e. The lowest BCUT2D eigenvalue weighted by Crippen LogP contribution is -2.31. The summed E-state index contributed by atoms with van der Waals surface area (Å²) in [6.07, 6.45) is 1.81. The maximum Gasteiger partial charge on any atom is 0.319 e. The van der Waals surface area contributed by atoms with Gasteiger partial charge in [0.1, 0.15) is 0 Å². The standard InChI is InChI=1S/C25H25N3O3S/c1-16(17-5-3-2-4-6-17)27-25(29)28-22-9-10-23-20(12-22)13-24(32(23,30)31)18-7-8-19-14-26-15-21(19)11-18/h2-13,16,26,30-31H,14-15H2,1H3,(H2,27,28,29)/t16-/m0/s1. The van der Waals surface area contributed by atoms with E-state index in [4.69, 9.17) is 0 Å². The molecule has 0 radical (unpaired) electrons. The Labute approximate surface area is 188 Å². The van der Waals surface area contributed by atoms with Crippen LogP contribution in [0.5, 0.6) is 0 Å². The number of fused-ring (bicyclic) bond motifs is 2. The van der Waals surface area contributed by atoms with Crippen molar-refractivity contribution in [2.45, 2.75) is 31.0 Å². The second-order valence-electron chi connectivity index (χ2n) is 8.13. The van der Waals surface area contributed by atoms with Crippen molar-refractivity contribution in [1.29, 1.82) is 0 Å². The molecule has 164 valence electrons. The fraction of sp³-hybridized carbons (Fsp3) is 0.160. The molecule has 7 heteroatoms. The molecular weight excluding hydrogens is 422 g/mol. The first-order valence-corrected chi connectivity index (χ1v) is 12.1. The predicted molar refractivity (Wildman–Crippen MR) is 129 cm³/mol. The second-order valence-corrected chi connectivity index (χ2v) is 10.1. The molecule has 5 rings (SSSR count). The zero-order valence-electron chi connectivity index (χ0n) is 17.6. The maximum atomic E-state index is 12.5. The minimum Gasteiger partial charge on any atom is -0.331 e. The van der Waals surface area contributed by atoms with E-state index >= 15 is 0 Å². The Morgan fingerprint density at radius 2 is 1.78 bits per heavy atom. The molecule has 3 aromatic rings. The molecule has 0 spiro atoms. The van der Waals surface area contributed by atoms with Crippen molar-refractivity contribution in [3.05, 3.63) is 94.5 Å². The van der Waals surface area contributed by atoms with Gasteiger partial charge in [-0.05, 0) is 59.5 Å². The number of carbonyl (C=O) groups is 1. The van der Waals surface area contributed by atoms with E-state index in [1.807, 2.05) is 61.5 Å². The van der Waals surface area contributed by atoms with Crippen molar-refractivity contribution < 1.29 is 13.9 Å². The highest BCUT2D eigenvalue weighted by Crippen LogP contribution is 2.65. The van der Waals surface area contributed by atoms with Gasteiger partial charge < -0.3 is 16.0 Å². The molecule has 2 amide bonds. The predicted octanol–water partition coefficient (Wildman–Crippen LogP) is 5.79. The zero-order chi connectivity index (χ0) is 22.3. The van der Waals surface area contributed by atoms with Gasteiger partial charge in [-0.15, -0.1) is 10.6 Å². The highest BCUT2D eigenvalue weighted by Gasteiger charge is 2.32. The Morgan fingerprint density at radius 1 is 1.00 bits per heavy atom. The van der Waals surface area contributed by atoms with Crippen LogP contribution in [0.3, 0.4) is 0 Å². The van der Waals surface area contributed by atoms with Crippen molar-refractivity contribution in [3.63, 3.8) is 0 Å². The highest BCUT2D eigenvalue weighted by atomic mass is 32.3. The molecule has 6 nitrogen and oxygen atoms in total. The van der Waals surface area contributed by atoms with Gasteiger partial charge in [-0.2, -0.15) is 0 Å². The summed E-state index contributed by atoms with van der Waals surface area (Å²) in [7, 11) is -3.10. The third kappa shape index (κ3) is 3.80. The monoisotopic (exact) mass is 447 g/mol. The molecule has 0 aliphatic carbocycles. The van der Waals surface area contributed by atoms with Gasteiger partial charge in [-0.1, -0.05) is 42.5 Å². The normalized spacial score (nSPS) is 17.7. The zero-order valence-corrected chi connectivity index (χ0v) is 18.4. The van der Waals surface area contributed by atoms with Crippen LogP contribution in [0.4, 0.5) is 10.5 Å². The Hall–Kier alpha value is -3.10. The lowest BCUT2D eigenvalue weighted by molar-refractivity contribution is 0.249. The lowest BCUT2D eigenvalue weighted by atomic mass is 10.1. The maximum absolute atomic E-state index is 12.5. The molecular formula is C25H25N3O3S. The van der Waals surface area contributed by atoms with E-state index in [1.165, 1.54) is 11.1 Å². The number of amides is 2. The first-order chi connectivity index (χ1) is 15.4. The molecule has 0 fully saturated rings. The molecule has 3 aromatic carbocycles. The van der Waals surface area contributed by atoms with Crippen LogP contribution < -0.4 is 16.0 Å². The van der Waals surface area contributed by atoms with Crippen LogP contribution in [0.25, 0.3) is 11.0 Å².